The Bertz CT molecular complexity index is 248. The Labute approximate surface area is 86.7 Å². The van der Waals surface area contributed by atoms with Gasteiger partial charge < -0.3 is 0 Å². The smallest absolute Gasteiger partial charge is 0.0133 e. The number of rotatable bonds is 1. The van der Waals surface area contributed by atoms with Crippen LogP contribution in [-0.2, 0) is 0 Å². The summed E-state index contributed by atoms with van der Waals surface area (Å²) < 4.78 is 0. The van der Waals surface area contributed by atoms with Crippen molar-refractivity contribution in [3.8, 4) is 0 Å². The quantitative estimate of drug-likeness (QED) is 0.542. The van der Waals surface area contributed by atoms with E-state index in [1.165, 1.54) is 12.8 Å². The molecular formula is C14H18. The van der Waals surface area contributed by atoms with Crippen molar-refractivity contribution in [2.45, 2.75) is 25.7 Å². The topological polar surface area (TPSA) is 0 Å². The average molecular weight is 186 g/mol. The summed E-state index contributed by atoms with van der Waals surface area (Å²) in [5.74, 6) is 1.43. The lowest BCUT2D eigenvalue weighted by molar-refractivity contribution is 0.485. The largest absolute Gasteiger partial charge is 0.0876 e. The van der Waals surface area contributed by atoms with E-state index in [9.17, 15) is 0 Å². The van der Waals surface area contributed by atoms with Crippen LogP contribution in [0.3, 0.4) is 0 Å². The van der Waals surface area contributed by atoms with Gasteiger partial charge in [-0.3, -0.25) is 0 Å². The Morgan fingerprint density at radius 3 is 1.57 bits per heavy atom. The Balaban J connectivity index is 2.05. The van der Waals surface area contributed by atoms with Crippen LogP contribution in [0.15, 0.2) is 48.6 Å². The number of allylic oxidation sites excluding steroid dienone is 8. The Morgan fingerprint density at radius 1 is 0.571 bits per heavy atom. The molecule has 0 aromatic rings. The van der Waals surface area contributed by atoms with E-state index in [1.807, 2.05) is 0 Å². The van der Waals surface area contributed by atoms with Gasteiger partial charge in [-0.2, -0.15) is 0 Å². The van der Waals surface area contributed by atoms with Crippen LogP contribution in [0.2, 0.25) is 0 Å². The van der Waals surface area contributed by atoms with E-state index in [2.05, 4.69) is 48.6 Å². The van der Waals surface area contributed by atoms with Crippen LogP contribution in [0.4, 0.5) is 0 Å². The average Bonchev–Trinajstić information content (AvgIpc) is 2.62. The van der Waals surface area contributed by atoms with Gasteiger partial charge in [0.1, 0.15) is 0 Å². The summed E-state index contributed by atoms with van der Waals surface area (Å²) in [6.07, 6.45) is 23.2. The van der Waals surface area contributed by atoms with Crippen molar-refractivity contribution in [1.29, 1.82) is 0 Å². The minimum Gasteiger partial charge on any atom is -0.0876 e. The highest BCUT2D eigenvalue weighted by Crippen LogP contribution is 2.26. The molecule has 0 nitrogen and oxygen atoms in total. The van der Waals surface area contributed by atoms with E-state index in [4.69, 9.17) is 0 Å². The molecule has 0 amide bonds. The van der Waals surface area contributed by atoms with E-state index < -0.39 is 0 Å². The summed E-state index contributed by atoms with van der Waals surface area (Å²) in [5, 5.41) is 0. The fourth-order valence-electron chi connectivity index (χ4n) is 2.16. The number of hydrogen-bond acceptors (Lipinski definition) is 0. The second-order valence-electron chi connectivity index (χ2n) is 4.07. The van der Waals surface area contributed by atoms with Crippen LogP contribution in [-0.4, -0.2) is 0 Å². The summed E-state index contributed by atoms with van der Waals surface area (Å²) in [7, 11) is 0. The molecule has 0 heterocycles. The van der Waals surface area contributed by atoms with E-state index in [-0.39, 0.29) is 0 Å². The van der Waals surface area contributed by atoms with Gasteiger partial charge in [0, 0.05) is 0 Å². The number of hydrogen-bond donors (Lipinski definition) is 0. The maximum absolute atomic E-state index is 2.40. The van der Waals surface area contributed by atoms with E-state index >= 15 is 0 Å². The third kappa shape index (κ3) is 2.47. The molecule has 14 heavy (non-hydrogen) atoms. The van der Waals surface area contributed by atoms with Gasteiger partial charge in [-0.15, -0.1) is 0 Å². The first-order valence-corrected chi connectivity index (χ1v) is 5.60. The van der Waals surface area contributed by atoms with Crippen molar-refractivity contribution in [2.75, 3.05) is 0 Å². The van der Waals surface area contributed by atoms with Crippen LogP contribution >= 0.6 is 0 Å². The van der Waals surface area contributed by atoms with Crippen LogP contribution in [0, 0.1) is 11.8 Å². The zero-order valence-corrected chi connectivity index (χ0v) is 8.60. The zero-order chi connectivity index (χ0) is 9.64. The highest BCUT2D eigenvalue weighted by atomic mass is 14.2. The van der Waals surface area contributed by atoms with Crippen molar-refractivity contribution in [1.82, 2.24) is 0 Å². The molecule has 0 fully saturated rings. The molecular weight excluding hydrogens is 168 g/mol. The molecule has 0 aromatic carbocycles. The first-order valence-electron chi connectivity index (χ1n) is 5.60. The summed E-state index contributed by atoms with van der Waals surface area (Å²) in [6, 6.07) is 0. The van der Waals surface area contributed by atoms with Crippen LogP contribution in [0.5, 0.6) is 0 Å². The molecule has 2 aliphatic rings. The fourth-order valence-corrected chi connectivity index (χ4v) is 2.16. The predicted octanol–water partition coefficient (Wildman–Crippen LogP) is 4.03. The minimum absolute atomic E-state index is 0.716. The maximum atomic E-state index is 2.40. The molecule has 0 heteroatoms. The van der Waals surface area contributed by atoms with Crippen molar-refractivity contribution in [3.05, 3.63) is 48.6 Å². The normalized spacial score (nSPS) is 31.4. The molecule has 2 atom stereocenters. The molecule has 74 valence electrons. The van der Waals surface area contributed by atoms with Gasteiger partial charge in [-0.1, -0.05) is 48.6 Å². The van der Waals surface area contributed by atoms with Gasteiger partial charge in [-0.25, -0.2) is 0 Å². The van der Waals surface area contributed by atoms with Gasteiger partial charge >= 0.3 is 0 Å². The first kappa shape index (κ1) is 9.51. The van der Waals surface area contributed by atoms with E-state index in [0.717, 1.165) is 12.8 Å². The Hall–Kier alpha value is -1.04. The summed E-state index contributed by atoms with van der Waals surface area (Å²) in [6.45, 7) is 0. The van der Waals surface area contributed by atoms with E-state index in [1.54, 1.807) is 0 Å². The van der Waals surface area contributed by atoms with Crippen LogP contribution < -0.4 is 0 Å². The summed E-state index contributed by atoms with van der Waals surface area (Å²) in [5.41, 5.74) is 0. The molecule has 2 aliphatic carbocycles. The molecule has 0 N–H and O–H groups in total. The van der Waals surface area contributed by atoms with Crippen LogP contribution in [0.1, 0.15) is 25.7 Å². The monoisotopic (exact) mass is 186 g/mol. The first-order chi connectivity index (χ1) is 6.97. The lowest BCUT2D eigenvalue weighted by Gasteiger charge is -2.18. The second-order valence-corrected chi connectivity index (χ2v) is 4.07. The lowest BCUT2D eigenvalue weighted by Crippen LogP contribution is -2.08. The molecule has 2 rings (SSSR count). The van der Waals surface area contributed by atoms with Gasteiger partial charge in [-0.05, 0) is 37.5 Å². The maximum Gasteiger partial charge on any atom is -0.0133 e. The Morgan fingerprint density at radius 2 is 1.07 bits per heavy atom. The highest BCUT2D eigenvalue weighted by Gasteiger charge is 2.15. The third-order valence-corrected chi connectivity index (χ3v) is 3.01. The van der Waals surface area contributed by atoms with Crippen molar-refractivity contribution >= 4 is 0 Å². The molecule has 0 bridgehead atoms. The molecule has 0 radical (unpaired) electrons. The molecule has 0 aromatic heterocycles. The Kier molecular flexibility index (Phi) is 3.39. The minimum atomic E-state index is 0.716. The van der Waals surface area contributed by atoms with Crippen molar-refractivity contribution in [3.63, 3.8) is 0 Å². The second kappa shape index (κ2) is 4.99. The van der Waals surface area contributed by atoms with Crippen molar-refractivity contribution < 1.29 is 0 Å². The van der Waals surface area contributed by atoms with Gasteiger partial charge in [0.2, 0.25) is 0 Å². The van der Waals surface area contributed by atoms with Crippen molar-refractivity contribution in [2.24, 2.45) is 11.8 Å². The standard InChI is InChI=1S/C14H18/c1-2-6-10-13(9-5-1)14-11-7-3-4-8-12-14/h1,3,5-8,10,12-14H,2,4,9,11H2. The van der Waals surface area contributed by atoms with Gasteiger partial charge in [0.15, 0.2) is 0 Å². The van der Waals surface area contributed by atoms with Gasteiger partial charge in [0.05, 0.1) is 0 Å². The molecule has 0 aliphatic heterocycles. The third-order valence-electron chi connectivity index (χ3n) is 3.01. The summed E-state index contributed by atoms with van der Waals surface area (Å²) >= 11 is 0. The van der Waals surface area contributed by atoms with Gasteiger partial charge in [0.25, 0.3) is 0 Å². The summed E-state index contributed by atoms with van der Waals surface area (Å²) in [4.78, 5) is 0. The van der Waals surface area contributed by atoms with E-state index in [0.29, 0.717) is 11.8 Å². The zero-order valence-electron chi connectivity index (χ0n) is 8.60. The molecule has 0 saturated heterocycles. The molecule has 0 saturated carbocycles. The lowest BCUT2D eigenvalue weighted by atomic mass is 9.87. The molecule has 0 spiro atoms. The SMILES string of the molecule is C1=CCC(C2C=CCC=CC2)C=CC1. The fraction of sp³-hybridized carbons (Fsp3) is 0.429. The van der Waals surface area contributed by atoms with Crippen LogP contribution in [0.25, 0.3) is 0 Å². The predicted molar refractivity (Wildman–Crippen MR) is 62.0 cm³/mol. The highest BCUT2D eigenvalue weighted by molar-refractivity contribution is 5.11. The molecule has 2 unspecified atom stereocenters.